The van der Waals surface area contributed by atoms with Crippen LogP contribution in [0.4, 0.5) is 0 Å². The third kappa shape index (κ3) is 2.04. The fourth-order valence-corrected chi connectivity index (χ4v) is 1.04. The molecule has 1 unspecified atom stereocenters. The summed E-state index contributed by atoms with van der Waals surface area (Å²) in [4.78, 5) is 0. The van der Waals surface area contributed by atoms with Crippen LogP contribution in [-0.4, -0.2) is 6.54 Å². The molecule has 0 saturated carbocycles. The van der Waals surface area contributed by atoms with Gasteiger partial charge < -0.3 is 17.2 Å². The molecule has 0 aromatic heterocycles. The topological polar surface area (TPSA) is 78.1 Å². The van der Waals surface area contributed by atoms with Crippen LogP contribution in [0.3, 0.4) is 0 Å². The summed E-state index contributed by atoms with van der Waals surface area (Å²) in [6, 6.07) is 7.84. The van der Waals surface area contributed by atoms with Crippen molar-refractivity contribution in [2.75, 3.05) is 6.54 Å². The zero-order valence-corrected chi connectivity index (χ0v) is 7.03. The molecule has 3 nitrogen and oxygen atoms in total. The van der Waals surface area contributed by atoms with Gasteiger partial charge in [-0.3, -0.25) is 0 Å². The Labute approximate surface area is 72.5 Å². The zero-order valence-electron chi connectivity index (χ0n) is 7.03. The molecule has 3 heteroatoms. The summed E-state index contributed by atoms with van der Waals surface area (Å²) >= 11 is 0. The van der Waals surface area contributed by atoms with Crippen molar-refractivity contribution in [2.45, 2.75) is 12.6 Å². The van der Waals surface area contributed by atoms with E-state index < -0.39 is 0 Å². The fourth-order valence-electron chi connectivity index (χ4n) is 1.04. The molecule has 12 heavy (non-hydrogen) atoms. The minimum absolute atomic E-state index is 0.0585. The lowest BCUT2D eigenvalue weighted by molar-refractivity contribution is 0.736. The quantitative estimate of drug-likeness (QED) is 0.594. The largest absolute Gasteiger partial charge is 0.329 e. The van der Waals surface area contributed by atoms with Gasteiger partial charge in [0.15, 0.2) is 0 Å². The first-order valence-electron chi connectivity index (χ1n) is 4.02. The standard InChI is InChI=1S/C9H15N3/c10-5-7-1-3-8(4-2-7)9(12)6-11/h1-4,9H,5-6,10-12H2. The SMILES string of the molecule is NCc1ccc(C(N)CN)cc1. The van der Waals surface area contributed by atoms with Crippen LogP contribution in [0.1, 0.15) is 17.2 Å². The maximum atomic E-state index is 5.73. The molecule has 66 valence electrons. The summed E-state index contributed by atoms with van der Waals surface area (Å²) in [5, 5.41) is 0. The second-order valence-corrected chi connectivity index (χ2v) is 2.79. The Kier molecular flexibility index (Phi) is 3.22. The van der Waals surface area contributed by atoms with E-state index in [0.29, 0.717) is 13.1 Å². The van der Waals surface area contributed by atoms with Crippen molar-refractivity contribution < 1.29 is 0 Å². The first-order chi connectivity index (χ1) is 5.77. The number of hydrogen-bond acceptors (Lipinski definition) is 3. The summed E-state index contributed by atoms with van der Waals surface area (Å²) in [6.45, 7) is 1.04. The van der Waals surface area contributed by atoms with Gasteiger partial charge in [-0.2, -0.15) is 0 Å². The Balaban J connectivity index is 2.77. The van der Waals surface area contributed by atoms with Crippen molar-refractivity contribution in [3.05, 3.63) is 35.4 Å². The van der Waals surface area contributed by atoms with E-state index in [2.05, 4.69) is 0 Å². The minimum atomic E-state index is -0.0585. The second kappa shape index (κ2) is 4.21. The normalized spacial score (nSPS) is 12.9. The first-order valence-corrected chi connectivity index (χ1v) is 4.02. The molecule has 1 rings (SSSR count). The summed E-state index contributed by atoms with van der Waals surface area (Å²) in [5.74, 6) is 0. The predicted molar refractivity (Wildman–Crippen MR) is 50.3 cm³/mol. The monoisotopic (exact) mass is 165 g/mol. The Bertz CT molecular complexity index is 230. The van der Waals surface area contributed by atoms with E-state index in [9.17, 15) is 0 Å². The van der Waals surface area contributed by atoms with Gasteiger partial charge in [0.2, 0.25) is 0 Å². The maximum Gasteiger partial charge on any atom is 0.0419 e. The van der Waals surface area contributed by atoms with Gasteiger partial charge >= 0.3 is 0 Å². The van der Waals surface area contributed by atoms with Gasteiger partial charge in [-0.05, 0) is 11.1 Å². The van der Waals surface area contributed by atoms with E-state index in [4.69, 9.17) is 17.2 Å². The van der Waals surface area contributed by atoms with Gasteiger partial charge in [-0.1, -0.05) is 24.3 Å². The molecule has 0 aliphatic carbocycles. The zero-order chi connectivity index (χ0) is 8.97. The molecule has 0 spiro atoms. The van der Waals surface area contributed by atoms with Crippen LogP contribution in [0, 0.1) is 0 Å². The van der Waals surface area contributed by atoms with Crippen LogP contribution in [0.25, 0.3) is 0 Å². The van der Waals surface area contributed by atoms with Crippen molar-refractivity contribution in [3.8, 4) is 0 Å². The Hall–Kier alpha value is -0.900. The Morgan fingerprint density at radius 3 is 2.08 bits per heavy atom. The average Bonchev–Trinajstić information content (AvgIpc) is 2.17. The summed E-state index contributed by atoms with van der Waals surface area (Å²) < 4.78 is 0. The highest BCUT2D eigenvalue weighted by atomic mass is 14.7. The van der Waals surface area contributed by atoms with E-state index in [1.807, 2.05) is 24.3 Å². The molecule has 1 aromatic rings. The number of rotatable bonds is 3. The van der Waals surface area contributed by atoms with Crippen LogP contribution >= 0.6 is 0 Å². The molecule has 6 N–H and O–H groups in total. The minimum Gasteiger partial charge on any atom is -0.329 e. The van der Waals surface area contributed by atoms with Crippen LogP contribution in [0.15, 0.2) is 24.3 Å². The van der Waals surface area contributed by atoms with Crippen molar-refractivity contribution in [1.29, 1.82) is 0 Å². The van der Waals surface area contributed by atoms with E-state index in [-0.39, 0.29) is 6.04 Å². The maximum absolute atomic E-state index is 5.73. The third-order valence-electron chi connectivity index (χ3n) is 1.90. The third-order valence-corrected chi connectivity index (χ3v) is 1.90. The summed E-state index contributed by atoms with van der Waals surface area (Å²) in [6.07, 6.45) is 0. The summed E-state index contributed by atoms with van der Waals surface area (Å²) in [5.41, 5.74) is 18.8. The molecule has 1 aromatic carbocycles. The Morgan fingerprint density at radius 2 is 1.67 bits per heavy atom. The van der Waals surface area contributed by atoms with Crippen molar-refractivity contribution in [3.63, 3.8) is 0 Å². The molecule has 0 amide bonds. The average molecular weight is 165 g/mol. The molecular formula is C9H15N3. The van der Waals surface area contributed by atoms with Gasteiger partial charge in [0.1, 0.15) is 0 Å². The molecule has 0 heterocycles. The molecule has 0 radical (unpaired) electrons. The van der Waals surface area contributed by atoms with Crippen molar-refractivity contribution in [1.82, 2.24) is 0 Å². The van der Waals surface area contributed by atoms with Gasteiger partial charge in [0.25, 0.3) is 0 Å². The van der Waals surface area contributed by atoms with Gasteiger partial charge in [0.05, 0.1) is 0 Å². The number of nitrogens with two attached hydrogens (primary N) is 3. The highest BCUT2D eigenvalue weighted by molar-refractivity contribution is 5.24. The fraction of sp³-hybridized carbons (Fsp3) is 0.333. The van der Waals surface area contributed by atoms with E-state index in [1.54, 1.807) is 0 Å². The molecule has 0 aliphatic rings. The lowest BCUT2D eigenvalue weighted by Gasteiger charge is -2.08. The molecule has 1 atom stereocenters. The molecule has 0 bridgehead atoms. The van der Waals surface area contributed by atoms with Crippen LogP contribution in [0.5, 0.6) is 0 Å². The second-order valence-electron chi connectivity index (χ2n) is 2.79. The Morgan fingerprint density at radius 1 is 1.08 bits per heavy atom. The van der Waals surface area contributed by atoms with Crippen molar-refractivity contribution >= 4 is 0 Å². The van der Waals surface area contributed by atoms with Crippen molar-refractivity contribution in [2.24, 2.45) is 17.2 Å². The van der Waals surface area contributed by atoms with Gasteiger partial charge in [0, 0.05) is 19.1 Å². The lowest BCUT2D eigenvalue weighted by atomic mass is 10.1. The van der Waals surface area contributed by atoms with Gasteiger partial charge in [-0.15, -0.1) is 0 Å². The first kappa shape index (κ1) is 9.19. The van der Waals surface area contributed by atoms with Crippen LogP contribution < -0.4 is 17.2 Å². The van der Waals surface area contributed by atoms with E-state index >= 15 is 0 Å². The molecule has 0 saturated heterocycles. The highest BCUT2D eigenvalue weighted by Gasteiger charge is 2.01. The molecular weight excluding hydrogens is 150 g/mol. The molecule has 0 aliphatic heterocycles. The number of hydrogen-bond donors (Lipinski definition) is 3. The summed E-state index contributed by atoms with van der Waals surface area (Å²) in [7, 11) is 0. The van der Waals surface area contributed by atoms with E-state index in [0.717, 1.165) is 11.1 Å². The highest BCUT2D eigenvalue weighted by Crippen LogP contribution is 2.09. The smallest absolute Gasteiger partial charge is 0.0419 e. The molecule has 0 fully saturated rings. The van der Waals surface area contributed by atoms with Gasteiger partial charge in [-0.25, -0.2) is 0 Å². The number of benzene rings is 1. The van der Waals surface area contributed by atoms with Crippen LogP contribution in [-0.2, 0) is 6.54 Å². The predicted octanol–water partition coefficient (Wildman–Crippen LogP) is 0.104. The van der Waals surface area contributed by atoms with E-state index in [1.165, 1.54) is 0 Å². The lowest BCUT2D eigenvalue weighted by Crippen LogP contribution is -2.20. The van der Waals surface area contributed by atoms with Crippen LogP contribution in [0.2, 0.25) is 0 Å².